The van der Waals surface area contributed by atoms with Gasteiger partial charge in [0.2, 0.25) is 0 Å². The summed E-state index contributed by atoms with van der Waals surface area (Å²) in [6.07, 6.45) is 0.676. The minimum atomic E-state index is -0.183. The molecule has 98 valence electrons. The largest absolute Gasteiger partial charge is 0.493 e. The van der Waals surface area contributed by atoms with Crippen LogP contribution in [0.2, 0.25) is 5.02 Å². The Labute approximate surface area is 113 Å². The van der Waals surface area contributed by atoms with Gasteiger partial charge < -0.3 is 20.9 Å². The van der Waals surface area contributed by atoms with E-state index in [9.17, 15) is 0 Å². The molecule has 6 heteroatoms. The zero-order chi connectivity index (χ0) is 12.1. The smallest absolute Gasteiger partial charge is 0.179 e. The maximum atomic E-state index is 6.20. The van der Waals surface area contributed by atoms with E-state index in [0.717, 1.165) is 5.56 Å². The molecular formula is C11H18Cl2N2O2. The second-order valence-corrected chi connectivity index (χ2v) is 3.77. The maximum absolute atomic E-state index is 6.20. The summed E-state index contributed by atoms with van der Waals surface area (Å²) in [5.41, 5.74) is 12.2. The van der Waals surface area contributed by atoms with E-state index in [4.69, 9.17) is 32.5 Å². The molecule has 1 aromatic carbocycles. The summed E-state index contributed by atoms with van der Waals surface area (Å²) in [7, 11) is 3.11. The minimum Gasteiger partial charge on any atom is -0.493 e. The standard InChI is InChI=1S/C11H17ClN2O2.ClH/c1-15-9-4-3-7(8(14)5-6-13)10(12)11(9)16-2;/h3-4,8H,5-6,13-14H2,1-2H3;1H/t8-;/m0./s1. The SMILES string of the molecule is COc1ccc([C@@H](N)CCN)c(Cl)c1OC.Cl. The highest BCUT2D eigenvalue weighted by Gasteiger charge is 2.16. The molecule has 1 atom stereocenters. The van der Waals surface area contributed by atoms with Crippen LogP contribution in [0.1, 0.15) is 18.0 Å². The number of nitrogens with two attached hydrogens (primary N) is 2. The lowest BCUT2D eigenvalue weighted by atomic mass is 10.0. The van der Waals surface area contributed by atoms with Crippen molar-refractivity contribution in [2.45, 2.75) is 12.5 Å². The first-order valence-corrected chi connectivity index (χ1v) is 5.39. The third kappa shape index (κ3) is 3.64. The molecule has 4 nitrogen and oxygen atoms in total. The van der Waals surface area contributed by atoms with Crippen molar-refractivity contribution in [2.24, 2.45) is 11.5 Å². The quantitative estimate of drug-likeness (QED) is 0.867. The summed E-state index contributed by atoms with van der Waals surface area (Å²) in [6.45, 7) is 0.520. The van der Waals surface area contributed by atoms with Gasteiger partial charge in [-0.2, -0.15) is 0 Å². The molecule has 0 radical (unpaired) electrons. The molecule has 0 saturated carbocycles. The van der Waals surface area contributed by atoms with Crippen molar-refractivity contribution >= 4 is 24.0 Å². The zero-order valence-corrected chi connectivity index (χ0v) is 11.5. The fourth-order valence-electron chi connectivity index (χ4n) is 1.53. The predicted octanol–water partition coefficient (Wildman–Crippen LogP) is 2.13. The van der Waals surface area contributed by atoms with E-state index in [-0.39, 0.29) is 18.4 Å². The highest BCUT2D eigenvalue weighted by Crippen LogP contribution is 2.39. The lowest BCUT2D eigenvalue weighted by molar-refractivity contribution is 0.354. The van der Waals surface area contributed by atoms with Crippen LogP contribution in [-0.2, 0) is 0 Å². The normalized spacial score (nSPS) is 11.6. The van der Waals surface area contributed by atoms with Gasteiger partial charge in [0.1, 0.15) is 0 Å². The summed E-state index contributed by atoms with van der Waals surface area (Å²) in [6, 6.07) is 3.44. The van der Waals surface area contributed by atoms with Crippen molar-refractivity contribution in [1.29, 1.82) is 0 Å². The fourth-order valence-corrected chi connectivity index (χ4v) is 1.90. The Balaban J connectivity index is 0.00000256. The first-order valence-electron chi connectivity index (χ1n) is 5.01. The molecule has 0 fully saturated rings. The molecule has 0 heterocycles. The van der Waals surface area contributed by atoms with Crippen molar-refractivity contribution in [3.05, 3.63) is 22.7 Å². The Morgan fingerprint density at radius 1 is 1.29 bits per heavy atom. The molecule has 1 aromatic rings. The Morgan fingerprint density at radius 2 is 1.94 bits per heavy atom. The maximum Gasteiger partial charge on any atom is 0.179 e. The number of hydrogen-bond acceptors (Lipinski definition) is 4. The number of rotatable bonds is 5. The topological polar surface area (TPSA) is 70.5 Å². The first kappa shape index (κ1) is 16.3. The lowest BCUT2D eigenvalue weighted by Crippen LogP contribution is -2.16. The second kappa shape index (κ2) is 7.61. The molecule has 0 spiro atoms. The van der Waals surface area contributed by atoms with Crippen LogP contribution < -0.4 is 20.9 Å². The lowest BCUT2D eigenvalue weighted by Gasteiger charge is -2.16. The van der Waals surface area contributed by atoms with E-state index in [1.807, 2.05) is 6.07 Å². The molecule has 0 bridgehead atoms. The van der Waals surface area contributed by atoms with Crippen molar-refractivity contribution < 1.29 is 9.47 Å². The summed E-state index contributed by atoms with van der Waals surface area (Å²) < 4.78 is 10.3. The highest BCUT2D eigenvalue weighted by atomic mass is 35.5. The van der Waals surface area contributed by atoms with E-state index in [1.165, 1.54) is 0 Å². The van der Waals surface area contributed by atoms with Gasteiger partial charge in [0.25, 0.3) is 0 Å². The molecule has 0 saturated heterocycles. The Bertz CT molecular complexity index is 362. The van der Waals surface area contributed by atoms with Crippen LogP contribution in [0, 0.1) is 0 Å². The minimum absolute atomic E-state index is 0. The van der Waals surface area contributed by atoms with Gasteiger partial charge >= 0.3 is 0 Å². The first-order chi connectivity index (χ1) is 7.65. The van der Waals surface area contributed by atoms with E-state index < -0.39 is 0 Å². The molecule has 0 amide bonds. The molecule has 17 heavy (non-hydrogen) atoms. The van der Waals surface area contributed by atoms with Crippen molar-refractivity contribution in [1.82, 2.24) is 0 Å². The molecule has 1 rings (SSSR count). The summed E-state index contributed by atoms with van der Waals surface area (Å²) in [5, 5.41) is 0.489. The number of ether oxygens (including phenoxy) is 2. The van der Waals surface area contributed by atoms with Crippen LogP contribution in [0.25, 0.3) is 0 Å². The Morgan fingerprint density at radius 3 is 2.41 bits per heavy atom. The number of hydrogen-bond donors (Lipinski definition) is 2. The van der Waals surface area contributed by atoms with Gasteiger partial charge in [-0.1, -0.05) is 17.7 Å². The molecule has 0 aliphatic rings. The van der Waals surface area contributed by atoms with Crippen molar-refractivity contribution in [3.63, 3.8) is 0 Å². The van der Waals surface area contributed by atoms with Crippen LogP contribution in [0.3, 0.4) is 0 Å². The molecular weight excluding hydrogens is 263 g/mol. The van der Waals surface area contributed by atoms with Crippen LogP contribution >= 0.6 is 24.0 Å². The van der Waals surface area contributed by atoms with Crippen LogP contribution in [0.15, 0.2) is 12.1 Å². The Kier molecular flexibility index (Phi) is 7.30. The van der Waals surface area contributed by atoms with E-state index in [2.05, 4.69) is 0 Å². The van der Waals surface area contributed by atoms with Gasteiger partial charge in [-0.05, 0) is 24.6 Å². The average molecular weight is 281 g/mol. The van der Waals surface area contributed by atoms with Gasteiger partial charge in [-0.3, -0.25) is 0 Å². The fraction of sp³-hybridized carbons (Fsp3) is 0.455. The van der Waals surface area contributed by atoms with Crippen LogP contribution in [-0.4, -0.2) is 20.8 Å². The molecule has 0 aliphatic heterocycles. The highest BCUT2D eigenvalue weighted by molar-refractivity contribution is 6.33. The van der Waals surface area contributed by atoms with Gasteiger partial charge in [0.05, 0.1) is 19.2 Å². The van der Waals surface area contributed by atoms with Gasteiger partial charge in [-0.15, -0.1) is 12.4 Å². The zero-order valence-electron chi connectivity index (χ0n) is 9.90. The third-order valence-corrected chi connectivity index (χ3v) is 2.78. The van der Waals surface area contributed by atoms with Gasteiger partial charge in [0, 0.05) is 6.04 Å². The molecule has 0 aromatic heterocycles. The van der Waals surface area contributed by atoms with Crippen LogP contribution in [0.4, 0.5) is 0 Å². The molecule has 0 unspecified atom stereocenters. The van der Waals surface area contributed by atoms with Crippen molar-refractivity contribution in [3.8, 4) is 11.5 Å². The van der Waals surface area contributed by atoms with E-state index in [1.54, 1.807) is 20.3 Å². The summed E-state index contributed by atoms with van der Waals surface area (Å²) in [4.78, 5) is 0. The van der Waals surface area contributed by atoms with Gasteiger partial charge in [-0.25, -0.2) is 0 Å². The summed E-state index contributed by atoms with van der Waals surface area (Å²) >= 11 is 6.20. The van der Waals surface area contributed by atoms with Gasteiger partial charge in [0.15, 0.2) is 11.5 Å². The summed E-state index contributed by atoms with van der Waals surface area (Å²) in [5.74, 6) is 1.10. The number of methoxy groups -OCH3 is 2. The monoisotopic (exact) mass is 280 g/mol. The third-order valence-electron chi connectivity index (χ3n) is 2.39. The number of benzene rings is 1. The second-order valence-electron chi connectivity index (χ2n) is 3.39. The predicted molar refractivity (Wildman–Crippen MR) is 72.4 cm³/mol. The average Bonchev–Trinajstić information content (AvgIpc) is 2.28. The van der Waals surface area contributed by atoms with E-state index >= 15 is 0 Å². The molecule has 4 N–H and O–H groups in total. The molecule has 0 aliphatic carbocycles. The Hall–Kier alpha value is -0.680. The number of halogens is 2. The van der Waals surface area contributed by atoms with E-state index in [0.29, 0.717) is 29.5 Å². The van der Waals surface area contributed by atoms with Crippen LogP contribution in [0.5, 0.6) is 11.5 Å². The van der Waals surface area contributed by atoms with Crippen molar-refractivity contribution in [2.75, 3.05) is 20.8 Å².